The highest BCUT2D eigenvalue weighted by atomic mass is 32.2. The van der Waals surface area contributed by atoms with Crippen LogP contribution in [0, 0.1) is 18.3 Å². The lowest BCUT2D eigenvalue weighted by Gasteiger charge is -2.42. The van der Waals surface area contributed by atoms with E-state index in [-0.39, 0.29) is 42.7 Å². The molecule has 17 heteroatoms. The first-order valence-corrected chi connectivity index (χ1v) is 23.5. The molecule has 0 N–H and O–H groups in total. The number of hydrogen-bond acceptors (Lipinski definition) is 15. The van der Waals surface area contributed by atoms with Crippen molar-refractivity contribution in [2.24, 2.45) is 0 Å². The fourth-order valence-corrected chi connectivity index (χ4v) is 9.27. The van der Waals surface area contributed by atoms with Crippen LogP contribution in [-0.2, 0) is 46.2 Å². The van der Waals surface area contributed by atoms with Gasteiger partial charge >= 0.3 is 12.1 Å². The Morgan fingerprint density at radius 1 is 0.859 bits per heavy atom. The second-order valence-electron chi connectivity index (χ2n) is 17.5. The molecule has 0 saturated carbocycles. The number of carbonyl (C=O) groups is 1. The van der Waals surface area contributed by atoms with Crippen LogP contribution in [0.5, 0.6) is 6.01 Å². The van der Waals surface area contributed by atoms with Crippen molar-refractivity contribution in [3.8, 4) is 12.1 Å². The van der Waals surface area contributed by atoms with Crippen molar-refractivity contribution in [1.29, 1.82) is 5.26 Å². The van der Waals surface area contributed by atoms with E-state index in [0.29, 0.717) is 65.2 Å². The number of likely N-dealkylation sites (tertiary alicyclic amines) is 1. The Labute approximate surface area is 377 Å². The number of benzene rings is 3. The van der Waals surface area contributed by atoms with Crippen molar-refractivity contribution < 1.29 is 41.1 Å². The molecule has 7 rings (SSSR count). The Balaban J connectivity index is 0.932. The number of anilines is 2. The molecule has 0 spiro atoms. The minimum atomic E-state index is -3.82. The van der Waals surface area contributed by atoms with E-state index in [0.717, 1.165) is 54.3 Å². The molecule has 16 nitrogen and oxygen atoms in total. The van der Waals surface area contributed by atoms with E-state index in [2.05, 4.69) is 70.3 Å². The Morgan fingerprint density at radius 2 is 1.59 bits per heavy atom. The minimum absolute atomic E-state index is 0.00122. The fraction of sp³-hybridized carbons (Fsp3) is 0.532. The van der Waals surface area contributed by atoms with E-state index in [1.54, 1.807) is 17.0 Å². The summed E-state index contributed by atoms with van der Waals surface area (Å²) in [7, 11) is -1.77. The van der Waals surface area contributed by atoms with Crippen LogP contribution in [0.4, 0.5) is 16.3 Å². The van der Waals surface area contributed by atoms with Crippen LogP contribution in [0.2, 0.25) is 0 Å². The number of likely N-dealkylation sites (N-methyl/N-ethyl adjacent to an activating group) is 1. The van der Waals surface area contributed by atoms with Gasteiger partial charge in [-0.15, -0.1) is 0 Å². The normalized spacial score (nSPS) is 19.4. The minimum Gasteiger partial charge on any atom is -0.462 e. The summed E-state index contributed by atoms with van der Waals surface area (Å²) in [6.07, 6.45) is 1.24. The van der Waals surface area contributed by atoms with Crippen molar-refractivity contribution in [3.05, 3.63) is 83.6 Å². The summed E-state index contributed by atoms with van der Waals surface area (Å²) in [4.78, 5) is 31.9. The standard InChI is InChI=1S/C47H61N7O9S/c1-34-13-15-39(16-14-34)64(56,57)62-28-26-59-24-23-58-25-27-60-38-29-37(51(5)31-38)33-61-45-49-42-32-52(43-12-8-10-35-9-6-7-11-40(35)43)20-18-41(42)44(50-45)53-21-22-54(36(30-53)17-19-48)46(55)63-47(2,3)4/h6-16,36-38H,17-18,20-33H2,1-5H3/t36-,37-,38+/m0/s1. The Bertz CT molecular complexity index is 2350. The average Bonchev–Trinajstić information content (AvgIpc) is 3.63. The molecule has 3 aliphatic heterocycles. The second-order valence-corrected chi connectivity index (χ2v) is 19.1. The molecule has 3 aliphatic rings. The topological polar surface area (TPSA) is 169 Å². The van der Waals surface area contributed by atoms with Crippen LogP contribution in [0.1, 0.15) is 50.4 Å². The van der Waals surface area contributed by atoms with Crippen LogP contribution in [0.15, 0.2) is 71.6 Å². The van der Waals surface area contributed by atoms with Crippen molar-refractivity contribution >= 4 is 38.5 Å². The van der Waals surface area contributed by atoms with Crippen molar-refractivity contribution in [3.63, 3.8) is 0 Å². The van der Waals surface area contributed by atoms with E-state index in [1.165, 1.54) is 22.9 Å². The maximum atomic E-state index is 13.2. The Hall–Kier alpha value is -5.09. The number of fused-ring (bicyclic) bond motifs is 2. The molecule has 344 valence electrons. The first kappa shape index (κ1) is 46.9. The highest BCUT2D eigenvalue weighted by molar-refractivity contribution is 7.86. The number of ether oxygens (including phenoxy) is 5. The first-order valence-electron chi connectivity index (χ1n) is 22.1. The molecule has 2 saturated heterocycles. The van der Waals surface area contributed by atoms with E-state index >= 15 is 0 Å². The number of carbonyl (C=O) groups excluding carboxylic acids is 1. The van der Waals surface area contributed by atoms with Crippen LogP contribution in [-0.4, -0.2) is 144 Å². The molecule has 1 amide bonds. The Kier molecular flexibility index (Phi) is 15.6. The third-order valence-corrected chi connectivity index (χ3v) is 13.0. The molecular weight excluding hydrogens is 839 g/mol. The molecular formula is C47H61N7O9S. The molecule has 64 heavy (non-hydrogen) atoms. The van der Waals surface area contributed by atoms with Crippen molar-refractivity contribution in [2.45, 2.75) is 82.2 Å². The zero-order chi connectivity index (χ0) is 45.3. The van der Waals surface area contributed by atoms with Gasteiger partial charge in [0.15, 0.2) is 0 Å². The molecule has 3 atom stereocenters. The van der Waals surface area contributed by atoms with Gasteiger partial charge in [-0.3, -0.25) is 9.08 Å². The van der Waals surface area contributed by atoms with Crippen molar-refractivity contribution in [1.82, 2.24) is 19.8 Å². The number of nitrogens with zero attached hydrogens (tertiary/aromatic N) is 7. The summed E-state index contributed by atoms with van der Waals surface area (Å²) >= 11 is 0. The molecule has 0 bridgehead atoms. The second kappa shape index (κ2) is 21.3. The highest BCUT2D eigenvalue weighted by Crippen LogP contribution is 2.35. The number of piperazine rings is 1. The third-order valence-electron chi connectivity index (χ3n) is 11.7. The van der Waals surface area contributed by atoms with E-state index in [1.807, 2.05) is 27.7 Å². The van der Waals surface area contributed by atoms with E-state index in [9.17, 15) is 18.5 Å². The lowest BCUT2D eigenvalue weighted by molar-refractivity contribution is -0.0103. The van der Waals surface area contributed by atoms with Gasteiger partial charge in [0.2, 0.25) is 0 Å². The SMILES string of the molecule is Cc1ccc(S(=O)(=O)OCCOCCOCCO[C@@H]2C[C@@H](COc3nc4c(c(N5CCN(C(=O)OC(C)(C)C)[C@@H](CC#N)C5)n3)CCN(c3cccc5ccccc35)C4)N(C)C2)cc1. The summed E-state index contributed by atoms with van der Waals surface area (Å²) in [6, 6.07) is 23.6. The fourth-order valence-electron chi connectivity index (χ4n) is 8.38. The van der Waals surface area contributed by atoms with Crippen LogP contribution < -0.4 is 14.5 Å². The van der Waals surface area contributed by atoms with E-state index in [4.69, 9.17) is 37.8 Å². The largest absolute Gasteiger partial charge is 0.462 e. The summed E-state index contributed by atoms with van der Waals surface area (Å²) < 4.78 is 59.3. The quantitative estimate of drug-likeness (QED) is 0.0874. The zero-order valence-corrected chi connectivity index (χ0v) is 38.4. The summed E-state index contributed by atoms with van der Waals surface area (Å²) in [5, 5.41) is 12.2. The van der Waals surface area contributed by atoms with Gasteiger partial charge < -0.3 is 38.4 Å². The number of nitriles is 1. The Morgan fingerprint density at radius 3 is 2.36 bits per heavy atom. The maximum absolute atomic E-state index is 13.2. The van der Waals surface area contributed by atoms with Gasteiger partial charge in [0.25, 0.3) is 10.1 Å². The van der Waals surface area contributed by atoms with Crippen LogP contribution >= 0.6 is 0 Å². The van der Waals surface area contributed by atoms with Crippen LogP contribution in [0.3, 0.4) is 0 Å². The molecule has 1 aromatic heterocycles. The van der Waals surface area contributed by atoms with Crippen LogP contribution in [0.25, 0.3) is 10.8 Å². The summed E-state index contributed by atoms with van der Waals surface area (Å²) in [6.45, 7) is 12.7. The predicted molar refractivity (Wildman–Crippen MR) is 242 cm³/mol. The molecule has 0 radical (unpaired) electrons. The third kappa shape index (κ3) is 12.2. The summed E-state index contributed by atoms with van der Waals surface area (Å²) in [5.41, 5.74) is 3.43. The van der Waals surface area contributed by atoms with Gasteiger partial charge in [0.1, 0.15) is 18.0 Å². The smallest absolute Gasteiger partial charge is 0.410 e. The number of aromatic nitrogens is 2. The monoisotopic (exact) mass is 899 g/mol. The van der Waals surface area contributed by atoms with Gasteiger partial charge in [-0.2, -0.15) is 23.6 Å². The zero-order valence-electron chi connectivity index (χ0n) is 37.6. The van der Waals surface area contributed by atoms with Gasteiger partial charge in [-0.05, 0) is 71.2 Å². The average molecular weight is 900 g/mol. The molecule has 4 aromatic rings. The summed E-state index contributed by atoms with van der Waals surface area (Å²) in [5.74, 6) is 0.787. The van der Waals surface area contributed by atoms with E-state index < -0.39 is 21.8 Å². The number of amides is 1. The first-order chi connectivity index (χ1) is 30.8. The lowest BCUT2D eigenvalue weighted by Crippen LogP contribution is -2.56. The molecule has 2 fully saturated rings. The van der Waals surface area contributed by atoms with Gasteiger partial charge in [0, 0.05) is 55.4 Å². The number of hydrogen-bond donors (Lipinski definition) is 0. The van der Waals surface area contributed by atoms with Crippen molar-refractivity contribution in [2.75, 3.05) is 95.8 Å². The highest BCUT2D eigenvalue weighted by Gasteiger charge is 2.37. The molecule has 3 aromatic carbocycles. The number of aryl methyl sites for hydroxylation is 1. The lowest BCUT2D eigenvalue weighted by atomic mass is 10.0. The predicted octanol–water partition coefficient (Wildman–Crippen LogP) is 5.75. The molecule has 0 aliphatic carbocycles. The number of rotatable bonds is 18. The van der Waals surface area contributed by atoms with Gasteiger partial charge in [0.05, 0.1) is 81.4 Å². The molecule has 0 unspecified atom stereocenters. The van der Waals surface area contributed by atoms with Gasteiger partial charge in [-0.1, -0.05) is 54.1 Å². The molecule has 4 heterocycles. The van der Waals surface area contributed by atoms with Gasteiger partial charge in [-0.25, -0.2) is 4.79 Å². The maximum Gasteiger partial charge on any atom is 0.410 e.